The lowest BCUT2D eigenvalue weighted by Crippen LogP contribution is -2.22. The molecule has 88 valence electrons. The van der Waals surface area contributed by atoms with Crippen LogP contribution in [-0.4, -0.2) is 10.9 Å². The highest BCUT2D eigenvalue weighted by molar-refractivity contribution is 9.10. The Morgan fingerprint density at radius 1 is 1.53 bits per heavy atom. The van der Waals surface area contributed by atoms with Gasteiger partial charge in [0.25, 0.3) is 5.91 Å². The van der Waals surface area contributed by atoms with E-state index in [2.05, 4.69) is 26.2 Å². The van der Waals surface area contributed by atoms with Crippen LogP contribution in [0.2, 0.25) is 5.15 Å². The average molecular weight is 332 g/mol. The van der Waals surface area contributed by atoms with Gasteiger partial charge in [-0.15, -0.1) is 11.3 Å². The third kappa shape index (κ3) is 3.28. The number of thiophene rings is 1. The third-order valence-electron chi connectivity index (χ3n) is 2.09. The first-order valence-electron chi connectivity index (χ1n) is 4.78. The number of hydrogen-bond acceptors (Lipinski definition) is 3. The van der Waals surface area contributed by atoms with Crippen LogP contribution in [0.5, 0.6) is 0 Å². The van der Waals surface area contributed by atoms with E-state index in [1.807, 2.05) is 11.4 Å². The van der Waals surface area contributed by atoms with Crippen molar-refractivity contribution in [3.05, 3.63) is 49.8 Å². The zero-order valence-corrected chi connectivity index (χ0v) is 11.8. The number of aromatic nitrogens is 1. The van der Waals surface area contributed by atoms with Gasteiger partial charge in [0.05, 0.1) is 6.54 Å². The van der Waals surface area contributed by atoms with Gasteiger partial charge in [0.15, 0.2) is 0 Å². The maximum atomic E-state index is 11.8. The van der Waals surface area contributed by atoms with Crippen molar-refractivity contribution in [2.45, 2.75) is 6.54 Å². The number of halogens is 2. The fourth-order valence-corrected chi connectivity index (χ4v) is 2.86. The molecule has 1 amide bonds. The quantitative estimate of drug-likeness (QED) is 0.875. The Labute approximate surface area is 116 Å². The van der Waals surface area contributed by atoms with Crippen LogP contribution in [0.15, 0.2) is 34.2 Å². The Kier molecular flexibility index (Phi) is 4.15. The molecule has 0 saturated carbocycles. The summed E-state index contributed by atoms with van der Waals surface area (Å²) < 4.78 is 1.01. The van der Waals surface area contributed by atoms with Gasteiger partial charge in [0.2, 0.25) is 0 Å². The van der Waals surface area contributed by atoms with Crippen LogP contribution in [0, 0.1) is 0 Å². The summed E-state index contributed by atoms with van der Waals surface area (Å²) in [5.74, 6) is -0.158. The van der Waals surface area contributed by atoms with E-state index in [0.717, 1.165) is 9.35 Å². The van der Waals surface area contributed by atoms with Crippen LogP contribution in [0.25, 0.3) is 0 Å². The second-order valence-electron chi connectivity index (χ2n) is 3.24. The van der Waals surface area contributed by atoms with Gasteiger partial charge in [0, 0.05) is 21.1 Å². The third-order valence-corrected chi connectivity index (χ3v) is 4.22. The van der Waals surface area contributed by atoms with Crippen molar-refractivity contribution < 1.29 is 4.79 Å². The predicted molar refractivity (Wildman–Crippen MR) is 72.4 cm³/mol. The fraction of sp³-hybridized carbons (Fsp3) is 0.0909. The Morgan fingerprint density at radius 3 is 3.00 bits per heavy atom. The molecule has 0 bridgehead atoms. The lowest BCUT2D eigenvalue weighted by Gasteiger charge is -2.04. The first kappa shape index (κ1) is 12.5. The van der Waals surface area contributed by atoms with Crippen LogP contribution in [0.1, 0.15) is 15.2 Å². The van der Waals surface area contributed by atoms with E-state index >= 15 is 0 Å². The smallest absolute Gasteiger partial charge is 0.251 e. The van der Waals surface area contributed by atoms with Crippen molar-refractivity contribution in [3.8, 4) is 0 Å². The summed E-state index contributed by atoms with van der Waals surface area (Å²) in [7, 11) is 0. The lowest BCUT2D eigenvalue weighted by molar-refractivity contribution is 0.0951. The minimum absolute atomic E-state index is 0.158. The monoisotopic (exact) mass is 330 g/mol. The molecule has 0 fully saturated rings. The summed E-state index contributed by atoms with van der Waals surface area (Å²) in [5.41, 5.74) is 0.512. The predicted octanol–water partition coefficient (Wildman–Crippen LogP) is 3.49. The number of carbonyl (C=O) groups is 1. The van der Waals surface area contributed by atoms with Gasteiger partial charge in [-0.25, -0.2) is 4.98 Å². The van der Waals surface area contributed by atoms with E-state index in [0.29, 0.717) is 17.3 Å². The molecule has 6 heteroatoms. The van der Waals surface area contributed by atoms with Crippen LogP contribution in [0.4, 0.5) is 0 Å². The highest BCUT2D eigenvalue weighted by atomic mass is 79.9. The lowest BCUT2D eigenvalue weighted by atomic mass is 10.2. The van der Waals surface area contributed by atoms with E-state index in [-0.39, 0.29) is 5.91 Å². The van der Waals surface area contributed by atoms with Gasteiger partial charge in [-0.1, -0.05) is 11.6 Å². The van der Waals surface area contributed by atoms with Crippen molar-refractivity contribution in [3.63, 3.8) is 0 Å². The van der Waals surface area contributed by atoms with Crippen molar-refractivity contribution in [1.29, 1.82) is 0 Å². The van der Waals surface area contributed by atoms with Gasteiger partial charge < -0.3 is 5.32 Å². The van der Waals surface area contributed by atoms with Gasteiger partial charge in [-0.05, 0) is 39.5 Å². The van der Waals surface area contributed by atoms with E-state index in [9.17, 15) is 4.79 Å². The van der Waals surface area contributed by atoms with Crippen molar-refractivity contribution >= 4 is 44.8 Å². The summed E-state index contributed by atoms with van der Waals surface area (Å²) in [6.07, 6.45) is 1.51. The van der Waals surface area contributed by atoms with Gasteiger partial charge in [-0.2, -0.15) is 0 Å². The Bertz CT molecular complexity index is 544. The minimum Gasteiger partial charge on any atom is -0.347 e. The molecule has 0 saturated heterocycles. The topological polar surface area (TPSA) is 42.0 Å². The molecule has 2 aromatic heterocycles. The van der Waals surface area contributed by atoms with E-state index < -0.39 is 0 Å². The van der Waals surface area contributed by atoms with Crippen molar-refractivity contribution in [2.24, 2.45) is 0 Å². The molecule has 2 rings (SSSR count). The maximum Gasteiger partial charge on any atom is 0.251 e. The number of amides is 1. The zero-order chi connectivity index (χ0) is 12.3. The van der Waals surface area contributed by atoms with E-state index in [1.165, 1.54) is 6.20 Å². The average Bonchev–Trinajstić information content (AvgIpc) is 2.72. The molecular weight excluding hydrogens is 324 g/mol. The zero-order valence-electron chi connectivity index (χ0n) is 8.61. The van der Waals surface area contributed by atoms with E-state index in [4.69, 9.17) is 11.6 Å². The van der Waals surface area contributed by atoms with Gasteiger partial charge in [-0.3, -0.25) is 4.79 Å². The SMILES string of the molecule is O=C(NCc1sccc1Br)c1ccnc(Cl)c1. The first-order valence-corrected chi connectivity index (χ1v) is 6.83. The molecule has 0 atom stereocenters. The molecule has 3 nitrogen and oxygen atoms in total. The summed E-state index contributed by atoms with van der Waals surface area (Å²) >= 11 is 10.7. The number of pyridine rings is 1. The van der Waals surface area contributed by atoms with Crippen LogP contribution in [0.3, 0.4) is 0 Å². The second kappa shape index (κ2) is 5.62. The number of carbonyl (C=O) groups excluding carboxylic acids is 1. The van der Waals surface area contributed by atoms with Crippen molar-refractivity contribution in [2.75, 3.05) is 0 Å². The second-order valence-corrected chi connectivity index (χ2v) is 5.48. The molecule has 0 unspecified atom stereocenters. The minimum atomic E-state index is -0.158. The van der Waals surface area contributed by atoms with Crippen molar-refractivity contribution in [1.82, 2.24) is 10.3 Å². The molecule has 0 aliphatic heterocycles. The Morgan fingerprint density at radius 2 is 2.35 bits per heavy atom. The van der Waals surface area contributed by atoms with Gasteiger partial charge in [0.1, 0.15) is 5.15 Å². The maximum absolute atomic E-state index is 11.8. The van der Waals surface area contributed by atoms with Crippen LogP contribution >= 0.6 is 38.9 Å². The van der Waals surface area contributed by atoms with Crippen LogP contribution in [-0.2, 0) is 6.54 Å². The Balaban J connectivity index is 2.01. The summed E-state index contributed by atoms with van der Waals surface area (Å²) in [4.78, 5) is 16.7. The Hall–Kier alpha value is -0.910. The highest BCUT2D eigenvalue weighted by Gasteiger charge is 2.07. The number of nitrogens with one attached hydrogen (secondary N) is 1. The summed E-state index contributed by atoms with van der Waals surface area (Å²) in [6.45, 7) is 0.497. The summed E-state index contributed by atoms with van der Waals surface area (Å²) in [5, 5.41) is 5.11. The molecule has 17 heavy (non-hydrogen) atoms. The van der Waals surface area contributed by atoms with E-state index in [1.54, 1.807) is 23.5 Å². The standard InChI is InChI=1S/C11H8BrClN2OS/c12-8-2-4-17-9(8)6-15-11(16)7-1-3-14-10(13)5-7/h1-5H,6H2,(H,15,16). The molecule has 2 heterocycles. The molecule has 0 radical (unpaired) electrons. The normalized spacial score (nSPS) is 10.2. The number of nitrogens with zero attached hydrogens (tertiary/aromatic N) is 1. The molecule has 0 aliphatic rings. The molecule has 0 aliphatic carbocycles. The number of hydrogen-bond donors (Lipinski definition) is 1. The van der Waals surface area contributed by atoms with Crippen LogP contribution < -0.4 is 5.32 Å². The summed E-state index contributed by atoms with van der Waals surface area (Å²) in [6, 6.07) is 5.13. The molecule has 0 spiro atoms. The molecule has 0 aromatic carbocycles. The molecular formula is C11H8BrClN2OS. The highest BCUT2D eigenvalue weighted by Crippen LogP contribution is 2.22. The molecule has 2 aromatic rings. The van der Waals surface area contributed by atoms with Gasteiger partial charge >= 0.3 is 0 Å². The largest absolute Gasteiger partial charge is 0.347 e. The number of rotatable bonds is 3. The fourth-order valence-electron chi connectivity index (χ4n) is 1.26. The molecule has 1 N–H and O–H groups in total. The first-order chi connectivity index (χ1) is 8.16.